The first-order valence-corrected chi connectivity index (χ1v) is 6.47. The van der Waals surface area contributed by atoms with Crippen LogP contribution < -0.4 is 10.6 Å². The van der Waals surface area contributed by atoms with Gasteiger partial charge in [-0.05, 0) is 12.1 Å². The van der Waals surface area contributed by atoms with Crippen LogP contribution in [0.1, 0.15) is 0 Å². The molecule has 0 aliphatic rings. The molecular formula is C12H10Cl2N4O3. The number of urea groups is 1. The molecule has 9 heteroatoms. The van der Waals surface area contributed by atoms with Crippen molar-refractivity contribution in [1.29, 1.82) is 0 Å². The number of hydrogen-bond donors (Lipinski definition) is 3. The fourth-order valence-corrected chi connectivity index (χ4v) is 2.04. The number of aliphatic carboxylic acids is 1. The SMILES string of the molecule is O=C(O)Cn1cc(NC(=O)Nc2c(Cl)cccc2Cl)cn1. The van der Waals surface area contributed by atoms with Gasteiger partial charge in [-0.3, -0.25) is 9.48 Å². The summed E-state index contributed by atoms with van der Waals surface area (Å²) in [4.78, 5) is 22.4. The van der Waals surface area contributed by atoms with E-state index in [0.29, 0.717) is 15.7 Å². The van der Waals surface area contributed by atoms with E-state index in [0.717, 1.165) is 0 Å². The molecule has 1 aromatic heterocycles. The number of carbonyl (C=O) groups excluding carboxylic acids is 1. The average Bonchev–Trinajstić information content (AvgIpc) is 2.80. The second-order valence-electron chi connectivity index (χ2n) is 4.00. The smallest absolute Gasteiger partial charge is 0.325 e. The number of nitrogens with zero attached hydrogens (tertiary/aromatic N) is 2. The molecule has 2 aromatic rings. The van der Waals surface area contributed by atoms with Crippen LogP contribution in [0.15, 0.2) is 30.6 Å². The first kappa shape index (κ1) is 15.1. The van der Waals surface area contributed by atoms with E-state index in [9.17, 15) is 9.59 Å². The maximum absolute atomic E-state index is 11.8. The number of hydrogen-bond acceptors (Lipinski definition) is 3. The Balaban J connectivity index is 2.02. The number of anilines is 2. The summed E-state index contributed by atoms with van der Waals surface area (Å²) in [5, 5.41) is 18.0. The van der Waals surface area contributed by atoms with Crippen molar-refractivity contribution in [2.45, 2.75) is 6.54 Å². The largest absolute Gasteiger partial charge is 0.480 e. The fraction of sp³-hybridized carbons (Fsp3) is 0.0833. The number of aromatic nitrogens is 2. The highest BCUT2D eigenvalue weighted by atomic mass is 35.5. The van der Waals surface area contributed by atoms with E-state index in [4.69, 9.17) is 28.3 Å². The number of amides is 2. The molecule has 2 amide bonds. The maximum Gasteiger partial charge on any atom is 0.325 e. The van der Waals surface area contributed by atoms with Gasteiger partial charge in [0.2, 0.25) is 0 Å². The number of nitrogens with one attached hydrogen (secondary N) is 2. The Labute approximate surface area is 129 Å². The predicted molar refractivity (Wildman–Crippen MR) is 79.0 cm³/mol. The normalized spacial score (nSPS) is 10.2. The van der Waals surface area contributed by atoms with E-state index in [2.05, 4.69) is 15.7 Å². The average molecular weight is 329 g/mol. The lowest BCUT2D eigenvalue weighted by molar-refractivity contribution is -0.137. The Morgan fingerprint density at radius 2 is 1.90 bits per heavy atom. The molecule has 0 fully saturated rings. The number of para-hydroxylation sites is 1. The lowest BCUT2D eigenvalue weighted by Gasteiger charge is -2.09. The highest BCUT2D eigenvalue weighted by molar-refractivity contribution is 6.39. The van der Waals surface area contributed by atoms with Gasteiger partial charge in [-0.15, -0.1) is 0 Å². The molecule has 0 unspecified atom stereocenters. The number of benzene rings is 1. The number of carbonyl (C=O) groups is 2. The third kappa shape index (κ3) is 4.11. The lowest BCUT2D eigenvalue weighted by atomic mass is 10.3. The molecule has 0 radical (unpaired) electrons. The number of rotatable bonds is 4. The number of carboxylic acids is 1. The Bertz CT molecular complexity index is 667. The van der Waals surface area contributed by atoms with E-state index in [-0.39, 0.29) is 12.2 Å². The second kappa shape index (κ2) is 6.47. The molecule has 0 bridgehead atoms. The van der Waals surface area contributed by atoms with E-state index in [1.807, 2.05) is 0 Å². The van der Waals surface area contributed by atoms with Gasteiger partial charge in [-0.2, -0.15) is 5.10 Å². The molecule has 0 aliphatic heterocycles. The van der Waals surface area contributed by atoms with E-state index in [1.54, 1.807) is 18.2 Å². The zero-order valence-electron chi connectivity index (χ0n) is 10.5. The van der Waals surface area contributed by atoms with E-state index in [1.165, 1.54) is 17.1 Å². The van der Waals surface area contributed by atoms with Crippen molar-refractivity contribution < 1.29 is 14.7 Å². The summed E-state index contributed by atoms with van der Waals surface area (Å²) < 4.78 is 1.18. The molecular weight excluding hydrogens is 319 g/mol. The summed E-state index contributed by atoms with van der Waals surface area (Å²) in [6.45, 7) is -0.292. The third-order valence-corrected chi connectivity index (χ3v) is 3.02. The monoisotopic (exact) mass is 328 g/mol. The second-order valence-corrected chi connectivity index (χ2v) is 4.81. The van der Waals surface area contributed by atoms with Crippen LogP contribution in [0, 0.1) is 0 Å². The van der Waals surface area contributed by atoms with Crippen molar-refractivity contribution in [3.63, 3.8) is 0 Å². The fourth-order valence-electron chi connectivity index (χ4n) is 1.55. The van der Waals surface area contributed by atoms with Crippen molar-refractivity contribution in [3.8, 4) is 0 Å². The van der Waals surface area contributed by atoms with Crippen LogP contribution in [0.3, 0.4) is 0 Å². The highest BCUT2D eigenvalue weighted by Crippen LogP contribution is 2.29. The van der Waals surface area contributed by atoms with Crippen molar-refractivity contribution in [2.75, 3.05) is 10.6 Å². The van der Waals surface area contributed by atoms with Crippen LogP contribution >= 0.6 is 23.2 Å². The molecule has 2 rings (SSSR count). The van der Waals surface area contributed by atoms with Gasteiger partial charge in [-0.25, -0.2) is 4.79 Å². The molecule has 1 heterocycles. The standard InChI is InChI=1S/C12H10Cl2N4O3/c13-8-2-1-3-9(14)11(8)17-12(21)16-7-4-15-18(5-7)6-10(19)20/h1-5H,6H2,(H,19,20)(H2,16,17,21). The summed E-state index contributed by atoms with van der Waals surface area (Å²) in [6.07, 6.45) is 2.72. The Hall–Kier alpha value is -2.25. The summed E-state index contributed by atoms with van der Waals surface area (Å²) in [5.74, 6) is -1.03. The van der Waals surface area contributed by atoms with Crippen LogP contribution in [0.2, 0.25) is 10.0 Å². The van der Waals surface area contributed by atoms with Gasteiger partial charge < -0.3 is 15.7 Å². The number of carboxylic acid groups (broad SMARTS) is 1. The first-order chi connectivity index (χ1) is 9.95. The van der Waals surface area contributed by atoms with E-state index < -0.39 is 12.0 Å². The summed E-state index contributed by atoms with van der Waals surface area (Å²) in [5.41, 5.74) is 0.633. The lowest BCUT2D eigenvalue weighted by Crippen LogP contribution is -2.19. The molecule has 7 nitrogen and oxygen atoms in total. The molecule has 0 atom stereocenters. The summed E-state index contributed by atoms with van der Waals surface area (Å²) in [7, 11) is 0. The zero-order chi connectivity index (χ0) is 15.4. The van der Waals surface area contributed by atoms with Gasteiger partial charge in [0.25, 0.3) is 0 Å². The van der Waals surface area contributed by atoms with Gasteiger partial charge >= 0.3 is 12.0 Å². The highest BCUT2D eigenvalue weighted by Gasteiger charge is 2.10. The molecule has 0 saturated carbocycles. The molecule has 0 aliphatic carbocycles. The molecule has 3 N–H and O–H groups in total. The predicted octanol–water partition coefficient (Wildman–Crippen LogP) is 2.92. The minimum atomic E-state index is -1.03. The van der Waals surface area contributed by atoms with Gasteiger partial charge in [0.15, 0.2) is 0 Å². The topological polar surface area (TPSA) is 96.2 Å². The first-order valence-electron chi connectivity index (χ1n) is 5.72. The minimum absolute atomic E-state index is 0.288. The molecule has 0 spiro atoms. The van der Waals surface area contributed by atoms with E-state index >= 15 is 0 Å². The van der Waals surface area contributed by atoms with Gasteiger partial charge in [-0.1, -0.05) is 29.3 Å². The quantitative estimate of drug-likeness (QED) is 0.803. The number of halogens is 2. The molecule has 0 saturated heterocycles. The Kier molecular flexibility index (Phi) is 4.66. The van der Waals surface area contributed by atoms with Crippen LogP contribution in [-0.4, -0.2) is 26.9 Å². The van der Waals surface area contributed by atoms with Crippen molar-refractivity contribution in [2.24, 2.45) is 0 Å². The zero-order valence-corrected chi connectivity index (χ0v) is 12.0. The molecule has 110 valence electrons. The third-order valence-electron chi connectivity index (χ3n) is 2.39. The van der Waals surface area contributed by atoms with Crippen molar-refractivity contribution in [3.05, 3.63) is 40.6 Å². The van der Waals surface area contributed by atoms with Crippen LogP contribution in [-0.2, 0) is 11.3 Å². The van der Waals surface area contributed by atoms with Crippen molar-refractivity contribution in [1.82, 2.24) is 9.78 Å². The maximum atomic E-state index is 11.8. The van der Waals surface area contributed by atoms with Gasteiger partial charge in [0, 0.05) is 6.20 Å². The summed E-state index contributed by atoms with van der Waals surface area (Å²) in [6, 6.07) is 4.27. The Morgan fingerprint density at radius 1 is 1.24 bits per heavy atom. The molecule has 21 heavy (non-hydrogen) atoms. The Morgan fingerprint density at radius 3 is 2.52 bits per heavy atom. The molecule has 1 aromatic carbocycles. The van der Waals surface area contributed by atoms with Gasteiger partial charge in [0.05, 0.1) is 27.6 Å². The van der Waals surface area contributed by atoms with Crippen molar-refractivity contribution >= 4 is 46.6 Å². The van der Waals surface area contributed by atoms with Crippen LogP contribution in [0.4, 0.5) is 16.2 Å². The summed E-state index contributed by atoms with van der Waals surface area (Å²) >= 11 is 11.9. The van der Waals surface area contributed by atoms with Crippen LogP contribution in [0.5, 0.6) is 0 Å². The minimum Gasteiger partial charge on any atom is -0.480 e. The van der Waals surface area contributed by atoms with Gasteiger partial charge in [0.1, 0.15) is 6.54 Å². The van der Waals surface area contributed by atoms with Crippen LogP contribution in [0.25, 0.3) is 0 Å².